The van der Waals surface area contributed by atoms with Gasteiger partial charge in [-0.2, -0.15) is 5.26 Å². The van der Waals surface area contributed by atoms with Gasteiger partial charge in [-0.1, -0.05) is 34.1 Å². The van der Waals surface area contributed by atoms with E-state index in [1.807, 2.05) is 30.3 Å². The number of nitrogens with two attached hydrogens (primary N) is 1. The van der Waals surface area contributed by atoms with Gasteiger partial charge in [0.2, 0.25) is 0 Å². The molecule has 0 amide bonds. The number of aryl methyl sites for hydroxylation is 1. The van der Waals surface area contributed by atoms with Crippen LogP contribution >= 0.6 is 15.9 Å². The summed E-state index contributed by atoms with van der Waals surface area (Å²) >= 11 is 3.43. The van der Waals surface area contributed by atoms with Crippen LogP contribution in [0.3, 0.4) is 0 Å². The van der Waals surface area contributed by atoms with Crippen LogP contribution < -0.4 is 5.73 Å². The van der Waals surface area contributed by atoms with Crippen molar-refractivity contribution in [2.24, 2.45) is 0 Å². The standard InChI is InChI=1S/C12H9BrN4/c1-7-9(6-14)11(15)17-12(16-7)8-4-2-3-5-10(8)13/h2-5H,1H3,(H2,15,16,17). The molecule has 0 unspecified atom stereocenters. The number of hydrogen-bond acceptors (Lipinski definition) is 4. The Hall–Kier alpha value is -1.93. The summed E-state index contributed by atoms with van der Waals surface area (Å²) in [7, 11) is 0. The lowest BCUT2D eigenvalue weighted by molar-refractivity contribution is 1.10. The summed E-state index contributed by atoms with van der Waals surface area (Å²) < 4.78 is 0.892. The van der Waals surface area contributed by atoms with Gasteiger partial charge in [0.1, 0.15) is 17.5 Å². The Morgan fingerprint density at radius 1 is 1.29 bits per heavy atom. The molecule has 0 radical (unpaired) electrons. The van der Waals surface area contributed by atoms with Crippen LogP contribution in [0.5, 0.6) is 0 Å². The Morgan fingerprint density at radius 3 is 2.59 bits per heavy atom. The number of aromatic nitrogens is 2. The van der Waals surface area contributed by atoms with Crippen molar-refractivity contribution in [3.05, 3.63) is 40.0 Å². The van der Waals surface area contributed by atoms with E-state index in [0.29, 0.717) is 17.1 Å². The first kappa shape index (κ1) is 11.6. The molecule has 84 valence electrons. The third-order valence-corrected chi connectivity index (χ3v) is 3.04. The van der Waals surface area contributed by atoms with Crippen LogP contribution in [0.25, 0.3) is 11.4 Å². The van der Waals surface area contributed by atoms with Crippen LogP contribution in [0.15, 0.2) is 28.7 Å². The molecule has 0 atom stereocenters. The zero-order chi connectivity index (χ0) is 12.4. The lowest BCUT2D eigenvalue weighted by Gasteiger charge is -2.06. The number of nitrogen functional groups attached to an aromatic ring is 1. The summed E-state index contributed by atoms with van der Waals surface area (Å²) in [4.78, 5) is 8.44. The highest BCUT2D eigenvalue weighted by molar-refractivity contribution is 9.10. The minimum atomic E-state index is 0.214. The minimum absolute atomic E-state index is 0.214. The second-order valence-electron chi connectivity index (χ2n) is 3.48. The van der Waals surface area contributed by atoms with Crippen molar-refractivity contribution < 1.29 is 0 Å². The van der Waals surface area contributed by atoms with Crippen molar-refractivity contribution in [1.29, 1.82) is 5.26 Å². The number of rotatable bonds is 1. The predicted molar refractivity (Wildman–Crippen MR) is 69.0 cm³/mol. The summed E-state index contributed by atoms with van der Waals surface area (Å²) in [6.45, 7) is 1.75. The van der Waals surface area contributed by atoms with E-state index in [1.54, 1.807) is 6.92 Å². The molecule has 0 aliphatic heterocycles. The molecule has 1 aromatic heterocycles. The summed E-state index contributed by atoms with van der Waals surface area (Å²) in [5.74, 6) is 0.734. The fourth-order valence-electron chi connectivity index (χ4n) is 1.50. The van der Waals surface area contributed by atoms with Crippen molar-refractivity contribution in [1.82, 2.24) is 9.97 Å². The maximum atomic E-state index is 8.90. The van der Waals surface area contributed by atoms with Crippen LogP contribution in [-0.4, -0.2) is 9.97 Å². The number of halogens is 1. The maximum Gasteiger partial charge on any atom is 0.162 e. The van der Waals surface area contributed by atoms with Crippen LogP contribution in [0.2, 0.25) is 0 Å². The highest BCUT2D eigenvalue weighted by atomic mass is 79.9. The first-order valence-corrected chi connectivity index (χ1v) is 5.72. The average Bonchev–Trinajstić information content (AvgIpc) is 2.29. The fraction of sp³-hybridized carbons (Fsp3) is 0.0833. The van der Waals surface area contributed by atoms with E-state index in [1.165, 1.54) is 0 Å². The molecular weight excluding hydrogens is 280 g/mol. The smallest absolute Gasteiger partial charge is 0.162 e. The van der Waals surface area contributed by atoms with Gasteiger partial charge in [0.05, 0.1) is 5.69 Å². The van der Waals surface area contributed by atoms with Gasteiger partial charge in [0, 0.05) is 10.0 Å². The highest BCUT2D eigenvalue weighted by Crippen LogP contribution is 2.26. The second-order valence-corrected chi connectivity index (χ2v) is 4.34. The largest absolute Gasteiger partial charge is 0.382 e. The zero-order valence-electron chi connectivity index (χ0n) is 9.11. The molecular formula is C12H9BrN4. The highest BCUT2D eigenvalue weighted by Gasteiger charge is 2.11. The first-order valence-electron chi connectivity index (χ1n) is 4.92. The maximum absolute atomic E-state index is 8.90. The molecule has 1 heterocycles. The van der Waals surface area contributed by atoms with Gasteiger partial charge in [0.15, 0.2) is 5.82 Å². The molecule has 4 nitrogen and oxygen atoms in total. The number of nitriles is 1. The fourth-order valence-corrected chi connectivity index (χ4v) is 1.96. The van der Waals surface area contributed by atoms with Gasteiger partial charge in [-0.3, -0.25) is 0 Å². The molecule has 1 aromatic carbocycles. The van der Waals surface area contributed by atoms with E-state index >= 15 is 0 Å². The molecule has 0 fully saturated rings. The van der Waals surface area contributed by atoms with Gasteiger partial charge in [-0.05, 0) is 13.0 Å². The van der Waals surface area contributed by atoms with E-state index < -0.39 is 0 Å². The number of hydrogen-bond donors (Lipinski definition) is 1. The van der Waals surface area contributed by atoms with Gasteiger partial charge in [-0.15, -0.1) is 0 Å². The molecule has 2 aromatic rings. The molecule has 0 aliphatic carbocycles. The van der Waals surface area contributed by atoms with Gasteiger partial charge < -0.3 is 5.73 Å². The molecule has 0 bridgehead atoms. The number of nitrogens with zero attached hydrogens (tertiary/aromatic N) is 3. The van der Waals surface area contributed by atoms with Gasteiger partial charge in [0.25, 0.3) is 0 Å². The molecule has 17 heavy (non-hydrogen) atoms. The monoisotopic (exact) mass is 288 g/mol. The Kier molecular flexibility index (Phi) is 3.07. The van der Waals surface area contributed by atoms with Gasteiger partial charge in [-0.25, -0.2) is 9.97 Å². The third kappa shape index (κ3) is 2.12. The molecule has 0 saturated heterocycles. The van der Waals surface area contributed by atoms with Crippen LogP contribution in [0, 0.1) is 18.3 Å². The Balaban J connectivity index is 2.64. The van der Waals surface area contributed by atoms with Crippen molar-refractivity contribution in [3.63, 3.8) is 0 Å². The van der Waals surface area contributed by atoms with E-state index in [-0.39, 0.29) is 5.82 Å². The summed E-state index contributed by atoms with van der Waals surface area (Å²) in [5.41, 5.74) is 7.51. The van der Waals surface area contributed by atoms with E-state index in [4.69, 9.17) is 11.0 Å². The Morgan fingerprint density at radius 2 is 2.00 bits per heavy atom. The summed E-state index contributed by atoms with van der Waals surface area (Å²) in [6, 6.07) is 9.60. The summed E-state index contributed by atoms with van der Waals surface area (Å²) in [5, 5.41) is 8.90. The Bertz CT molecular complexity index is 593. The van der Waals surface area contributed by atoms with Crippen LogP contribution in [0.4, 0.5) is 5.82 Å². The lowest BCUT2D eigenvalue weighted by Crippen LogP contribution is -2.03. The lowest BCUT2D eigenvalue weighted by atomic mass is 10.2. The van der Waals surface area contributed by atoms with Crippen LogP contribution in [-0.2, 0) is 0 Å². The van der Waals surface area contributed by atoms with E-state index in [2.05, 4.69) is 25.9 Å². The normalized spacial score (nSPS) is 9.94. The van der Waals surface area contributed by atoms with Crippen LogP contribution in [0.1, 0.15) is 11.3 Å². The molecule has 0 spiro atoms. The minimum Gasteiger partial charge on any atom is -0.382 e. The van der Waals surface area contributed by atoms with E-state index in [9.17, 15) is 0 Å². The van der Waals surface area contributed by atoms with Crippen molar-refractivity contribution in [3.8, 4) is 17.5 Å². The molecule has 2 N–H and O–H groups in total. The topological polar surface area (TPSA) is 75.6 Å². The number of benzene rings is 1. The van der Waals surface area contributed by atoms with Crippen molar-refractivity contribution >= 4 is 21.7 Å². The zero-order valence-corrected chi connectivity index (χ0v) is 10.7. The van der Waals surface area contributed by atoms with E-state index in [0.717, 1.165) is 10.0 Å². The molecule has 0 saturated carbocycles. The third-order valence-electron chi connectivity index (χ3n) is 2.34. The molecule has 5 heteroatoms. The van der Waals surface area contributed by atoms with Gasteiger partial charge >= 0.3 is 0 Å². The predicted octanol–water partition coefficient (Wildman–Crippen LogP) is 2.67. The average molecular weight is 289 g/mol. The second kappa shape index (κ2) is 4.52. The molecule has 0 aliphatic rings. The SMILES string of the molecule is Cc1nc(-c2ccccc2Br)nc(N)c1C#N. The van der Waals surface area contributed by atoms with Crippen molar-refractivity contribution in [2.75, 3.05) is 5.73 Å². The first-order chi connectivity index (χ1) is 8.13. The Labute approximate surface area is 107 Å². The molecule has 2 rings (SSSR count). The summed E-state index contributed by atoms with van der Waals surface area (Å²) in [6.07, 6.45) is 0. The van der Waals surface area contributed by atoms with Crippen molar-refractivity contribution in [2.45, 2.75) is 6.92 Å². The quantitative estimate of drug-likeness (QED) is 0.875. The number of anilines is 1.